The molecule has 1 aromatic carbocycles. The predicted octanol–water partition coefficient (Wildman–Crippen LogP) is 2.21. The molecule has 0 radical (unpaired) electrons. The fourth-order valence-corrected chi connectivity index (χ4v) is 6.03. The molecule has 7 heteroatoms. The SMILES string of the molecule is N#CCNC(=O)C(Cc1ccc(O)cc1)NC(=O)NC12CC3CC(CC(C3)C1)C2. The second-order valence-electron chi connectivity index (χ2n) is 9.10. The van der Waals surface area contributed by atoms with Crippen molar-refractivity contribution in [3.8, 4) is 11.8 Å². The molecule has 29 heavy (non-hydrogen) atoms. The molecule has 4 bridgehead atoms. The largest absolute Gasteiger partial charge is 0.508 e. The maximum absolute atomic E-state index is 12.9. The molecule has 4 N–H and O–H groups in total. The third-order valence-corrected chi connectivity index (χ3v) is 6.76. The summed E-state index contributed by atoms with van der Waals surface area (Å²) in [5.41, 5.74) is 0.681. The molecule has 1 atom stereocenters. The average molecular weight is 396 g/mol. The third-order valence-electron chi connectivity index (χ3n) is 6.76. The van der Waals surface area contributed by atoms with Crippen LogP contribution in [0.5, 0.6) is 5.75 Å². The van der Waals surface area contributed by atoms with Gasteiger partial charge in [-0.05, 0) is 74.0 Å². The number of aromatic hydroxyl groups is 1. The van der Waals surface area contributed by atoms with Crippen LogP contribution in [0.2, 0.25) is 0 Å². The summed E-state index contributed by atoms with van der Waals surface area (Å²) < 4.78 is 0. The maximum atomic E-state index is 12.9. The van der Waals surface area contributed by atoms with Gasteiger partial charge in [-0.3, -0.25) is 4.79 Å². The lowest BCUT2D eigenvalue weighted by Crippen LogP contribution is -2.63. The van der Waals surface area contributed by atoms with Gasteiger partial charge in [-0.15, -0.1) is 0 Å². The fraction of sp³-hybridized carbons (Fsp3) is 0.591. The Kier molecular flexibility index (Phi) is 5.35. The van der Waals surface area contributed by atoms with E-state index >= 15 is 0 Å². The van der Waals surface area contributed by atoms with Crippen LogP contribution in [-0.4, -0.2) is 35.2 Å². The first kappa shape index (κ1) is 19.6. The Bertz CT molecular complexity index is 779. The molecular formula is C22H28N4O3. The number of carbonyl (C=O) groups is 2. The highest BCUT2D eigenvalue weighted by molar-refractivity contribution is 5.87. The average Bonchev–Trinajstić information content (AvgIpc) is 2.65. The summed E-state index contributed by atoms with van der Waals surface area (Å²) in [6.07, 6.45) is 7.28. The maximum Gasteiger partial charge on any atom is 0.315 e. The third kappa shape index (κ3) is 4.47. The molecule has 4 saturated carbocycles. The summed E-state index contributed by atoms with van der Waals surface area (Å²) in [6, 6.07) is 7.32. The van der Waals surface area contributed by atoms with E-state index in [-0.39, 0.29) is 36.2 Å². The zero-order valence-corrected chi connectivity index (χ0v) is 16.5. The first-order chi connectivity index (χ1) is 13.9. The lowest BCUT2D eigenvalue weighted by Gasteiger charge is -2.56. The highest BCUT2D eigenvalue weighted by Crippen LogP contribution is 2.55. The Morgan fingerprint density at radius 1 is 1.10 bits per heavy atom. The smallest absolute Gasteiger partial charge is 0.315 e. The van der Waals surface area contributed by atoms with E-state index in [4.69, 9.17) is 5.26 Å². The van der Waals surface area contributed by atoms with E-state index in [0.29, 0.717) is 17.8 Å². The molecule has 1 aromatic rings. The van der Waals surface area contributed by atoms with Crippen molar-refractivity contribution < 1.29 is 14.7 Å². The van der Waals surface area contributed by atoms with Gasteiger partial charge in [0.1, 0.15) is 18.3 Å². The molecule has 3 amide bonds. The van der Waals surface area contributed by atoms with E-state index in [1.807, 2.05) is 6.07 Å². The number of amides is 3. The Morgan fingerprint density at radius 2 is 1.69 bits per heavy atom. The molecule has 4 aliphatic rings. The number of nitrogens with one attached hydrogen (secondary N) is 3. The minimum Gasteiger partial charge on any atom is -0.508 e. The molecular weight excluding hydrogens is 368 g/mol. The second kappa shape index (κ2) is 7.94. The molecule has 154 valence electrons. The van der Waals surface area contributed by atoms with Gasteiger partial charge in [-0.2, -0.15) is 5.26 Å². The van der Waals surface area contributed by atoms with Crippen LogP contribution in [0.3, 0.4) is 0 Å². The summed E-state index contributed by atoms with van der Waals surface area (Å²) in [5, 5.41) is 26.8. The van der Waals surface area contributed by atoms with Crippen molar-refractivity contribution in [3.05, 3.63) is 29.8 Å². The van der Waals surface area contributed by atoms with E-state index < -0.39 is 6.04 Å². The van der Waals surface area contributed by atoms with E-state index in [1.54, 1.807) is 24.3 Å². The van der Waals surface area contributed by atoms with Crippen molar-refractivity contribution in [1.29, 1.82) is 5.26 Å². The summed E-state index contributed by atoms with van der Waals surface area (Å²) in [4.78, 5) is 25.4. The van der Waals surface area contributed by atoms with Gasteiger partial charge in [0.05, 0.1) is 6.07 Å². The molecule has 0 spiro atoms. The first-order valence-corrected chi connectivity index (χ1v) is 10.5. The normalized spacial score (nSPS) is 30.2. The number of urea groups is 1. The van der Waals surface area contributed by atoms with E-state index in [2.05, 4.69) is 16.0 Å². The highest BCUT2D eigenvalue weighted by atomic mass is 16.3. The zero-order chi connectivity index (χ0) is 20.4. The van der Waals surface area contributed by atoms with Gasteiger partial charge in [0, 0.05) is 12.0 Å². The monoisotopic (exact) mass is 396 g/mol. The number of carbonyl (C=O) groups excluding carboxylic acids is 2. The van der Waals surface area contributed by atoms with Gasteiger partial charge in [0.25, 0.3) is 0 Å². The highest BCUT2D eigenvalue weighted by Gasteiger charge is 2.51. The number of hydrogen-bond donors (Lipinski definition) is 4. The van der Waals surface area contributed by atoms with Gasteiger partial charge in [0.15, 0.2) is 0 Å². The standard InChI is InChI=1S/C22H28N4O3/c23-5-6-24-20(28)19(10-14-1-3-18(27)4-2-14)25-21(29)26-22-11-15-7-16(12-22)9-17(8-15)13-22/h1-4,15-17,19,27H,6-13H2,(H,24,28)(H2,25,26,29). The van der Waals surface area contributed by atoms with Crippen LogP contribution >= 0.6 is 0 Å². The number of nitrogens with zero attached hydrogens (tertiary/aromatic N) is 1. The van der Waals surface area contributed by atoms with E-state index in [1.165, 1.54) is 19.3 Å². The van der Waals surface area contributed by atoms with Gasteiger partial charge >= 0.3 is 6.03 Å². The van der Waals surface area contributed by atoms with Crippen LogP contribution in [0.4, 0.5) is 4.79 Å². The molecule has 1 unspecified atom stereocenters. The Hall–Kier alpha value is -2.75. The van der Waals surface area contributed by atoms with Crippen molar-refractivity contribution in [3.63, 3.8) is 0 Å². The van der Waals surface area contributed by atoms with Crippen LogP contribution in [0.15, 0.2) is 24.3 Å². The molecule has 0 aliphatic heterocycles. The lowest BCUT2D eigenvalue weighted by atomic mass is 9.53. The van der Waals surface area contributed by atoms with Crippen LogP contribution in [-0.2, 0) is 11.2 Å². The van der Waals surface area contributed by atoms with Crippen LogP contribution in [0.1, 0.15) is 44.1 Å². The van der Waals surface area contributed by atoms with Crippen LogP contribution in [0, 0.1) is 29.1 Å². The summed E-state index contributed by atoms with van der Waals surface area (Å²) in [6.45, 7) is -0.108. The molecule has 0 heterocycles. The molecule has 0 aromatic heterocycles. The minimum atomic E-state index is -0.790. The van der Waals surface area contributed by atoms with Crippen molar-refractivity contribution in [2.75, 3.05) is 6.54 Å². The molecule has 7 nitrogen and oxygen atoms in total. The fourth-order valence-electron chi connectivity index (χ4n) is 6.03. The summed E-state index contributed by atoms with van der Waals surface area (Å²) in [7, 11) is 0. The van der Waals surface area contributed by atoms with Gasteiger partial charge in [0.2, 0.25) is 5.91 Å². The number of hydrogen-bond acceptors (Lipinski definition) is 4. The summed E-state index contributed by atoms with van der Waals surface area (Å²) >= 11 is 0. The van der Waals surface area contributed by atoms with E-state index in [9.17, 15) is 14.7 Å². The van der Waals surface area contributed by atoms with Crippen molar-refractivity contribution in [2.45, 2.75) is 56.5 Å². The van der Waals surface area contributed by atoms with Gasteiger partial charge in [-0.1, -0.05) is 12.1 Å². The minimum absolute atomic E-state index is 0.108. The molecule has 5 rings (SSSR count). The Labute approximate surface area is 170 Å². The predicted molar refractivity (Wildman–Crippen MR) is 107 cm³/mol. The van der Waals surface area contributed by atoms with Crippen molar-refractivity contribution >= 4 is 11.9 Å². The number of benzene rings is 1. The first-order valence-electron chi connectivity index (χ1n) is 10.5. The van der Waals surface area contributed by atoms with Crippen molar-refractivity contribution in [2.24, 2.45) is 17.8 Å². The Morgan fingerprint density at radius 3 is 2.24 bits per heavy atom. The number of nitriles is 1. The number of rotatable bonds is 6. The lowest BCUT2D eigenvalue weighted by molar-refractivity contribution is -0.122. The molecule has 4 fully saturated rings. The topological polar surface area (TPSA) is 114 Å². The summed E-state index contributed by atoms with van der Waals surface area (Å²) in [5.74, 6) is 1.90. The van der Waals surface area contributed by atoms with E-state index in [0.717, 1.165) is 24.8 Å². The van der Waals surface area contributed by atoms with Gasteiger partial charge in [-0.25, -0.2) is 4.79 Å². The van der Waals surface area contributed by atoms with Crippen LogP contribution < -0.4 is 16.0 Å². The quantitative estimate of drug-likeness (QED) is 0.552. The van der Waals surface area contributed by atoms with Gasteiger partial charge < -0.3 is 21.1 Å². The second-order valence-corrected chi connectivity index (χ2v) is 9.10. The van der Waals surface area contributed by atoms with Crippen molar-refractivity contribution in [1.82, 2.24) is 16.0 Å². The number of phenols is 1. The molecule has 0 saturated heterocycles. The zero-order valence-electron chi connectivity index (χ0n) is 16.5. The van der Waals surface area contributed by atoms with Crippen LogP contribution in [0.25, 0.3) is 0 Å². The Balaban J connectivity index is 1.42. The molecule has 4 aliphatic carbocycles. The number of phenolic OH excluding ortho intramolecular Hbond substituents is 1.